The van der Waals surface area contributed by atoms with E-state index in [-0.39, 0.29) is 0 Å². The molecule has 6 nitrogen and oxygen atoms in total. The van der Waals surface area contributed by atoms with E-state index in [1.165, 1.54) is 0 Å². The van der Waals surface area contributed by atoms with Gasteiger partial charge in [-0.25, -0.2) is 0 Å². The first-order valence-electron chi connectivity index (χ1n) is 5.43. The van der Waals surface area contributed by atoms with Crippen LogP contribution in [0.15, 0.2) is 12.3 Å². The van der Waals surface area contributed by atoms with Gasteiger partial charge in [-0.15, -0.1) is 0 Å². The van der Waals surface area contributed by atoms with Crippen molar-refractivity contribution in [3.8, 4) is 0 Å². The van der Waals surface area contributed by atoms with Crippen molar-refractivity contribution in [3.63, 3.8) is 0 Å². The number of hydrogen-bond donors (Lipinski definition) is 0. The predicted octanol–water partition coefficient (Wildman–Crippen LogP) is 1.47. The summed E-state index contributed by atoms with van der Waals surface area (Å²) in [4.78, 5) is 0. The molecular weight excluding hydrogens is 272 g/mol. The first-order valence-corrected chi connectivity index (χ1v) is 9.17. The second-order valence-corrected chi connectivity index (χ2v) is 9.21. The van der Waals surface area contributed by atoms with Crippen molar-refractivity contribution >= 4 is 17.6 Å². The first-order chi connectivity index (χ1) is 8.49. The monoisotopic (exact) mass is 298 g/mol. The van der Waals surface area contributed by atoms with Gasteiger partial charge in [-0.2, -0.15) is 0 Å². The summed E-state index contributed by atoms with van der Waals surface area (Å²) in [5.74, 6) is 0. The average Bonchev–Trinajstić information content (AvgIpc) is 2.46. The third kappa shape index (κ3) is 6.20. The van der Waals surface area contributed by atoms with Crippen LogP contribution in [0.3, 0.4) is 0 Å². The molecular formula is C10H26O6Si2. The van der Waals surface area contributed by atoms with Gasteiger partial charge in [0, 0.05) is 48.7 Å². The van der Waals surface area contributed by atoms with Crippen LogP contribution >= 0.6 is 0 Å². The topological polar surface area (TPSA) is 55.4 Å². The fourth-order valence-corrected chi connectivity index (χ4v) is 3.55. The molecule has 0 atom stereocenters. The molecule has 0 N–H and O–H groups in total. The highest BCUT2D eigenvalue weighted by atomic mass is 28.4. The Morgan fingerprint density at radius 3 is 1.11 bits per heavy atom. The van der Waals surface area contributed by atoms with Crippen molar-refractivity contribution in [1.82, 2.24) is 0 Å². The Hall–Kier alpha value is -0.0662. The van der Waals surface area contributed by atoms with E-state index in [1.807, 2.05) is 6.92 Å². The maximum Gasteiger partial charge on any atom is 0.528 e. The van der Waals surface area contributed by atoms with Gasteiger partial charge in [0.05, 0.1) is 0 Å². The third-order valence-electron chi connectivity index (χ3n) is 2.47. The lowest BCUT2D eigenvalue weighted by atomic mass is 11.0. The molecule has 0 saturated heterocycles. The molecule has 18 heavy (non-hydrogen) atoms. The summed E-state index contributed by atoms with van der Waals surface area (Å²) in [5.41, 5.74) is 1.58. The fourth-order valence-electron chi connectivity index (χ4n) is 1.18. The molecule has 0 amide bonds. The second kappa shape index (κ2) is 10.8. The minimum Gasteiger partial charge on any atom is -0.377 e. The Balaban J connectivity index is 0. The van der Waals surface area contributed by atoms with Gasteiger partial charge in [-0.1, -0.05) is 13.5 Å². The smallest absolute Gasteiger partial charge is 0.377 e. The maximum atomic E-state index is 5.08. The van der Waals surface area contributed by atoms with Gasteiger partial charge in [0.2, 0.25) is 0 Å². The molecule has 0 aromatic carbocycles. The van der Waals surface area contributed by atoms with Gasteiger partial charge in [0.25, 0.3) is 0 Å². The van der Waals surface area contributed by atoms with Crippen LogP contribution in [0.2, 0.25) is 6.04 Å². The van der Waals surface area contributed by atoms with Gasteiger partial charge in [-0.05, 0) is 5.70 Å². The van der Waals surface area contributed by atoms with Crippen LogP contribution in [0.5, 0.6) is 0 Å². The minimum atomic E-state index is -2.43. The molecule has 0 radical (unpaired) electrons. The van der Waals surface area contributed by atoms with Crippen LogP contribution in [0.4, 0.5) is 0 Å². The SMILES string of the molecule is C=C[Si](OC)(OC)OC.CC[Si](OC)(OC)OC. The van der Waals surface area contributed by atoms with E-state index < -0.39 is 17.6 Å². The van der Waals surface area contributed by atoms with Crippen molar-refractivity contribution in [2.24, 2.45) is 0 Å². The van der Waals surface area contributed by atoms with E-state index >= 15 is 0 Å². The van der Waals surface area contributed by atoms with E-state index in [4.69, 9.17) is 26.6 Å². The summed E-state index contributed by atoms with van der Waals surface area (Å²) in [5, 5.41) is 0. The average molecular weight is 298 g/mol. The first kappa shape index (κ1) is 20.3. The largest absolute Gasteiger partial charge is 0.528 e. The van der Waals surface area contributed by atoms with Crippen LogP contribution in [0.25, 0.3) is 0 Å². The van der Waals surface area contributed by atoms with Crippen molar-refractivity contribution in [2.45, 2.75) is 13.0 Å². The van der Waals surface area contributed by atoms with Crippen molar-refractivity contribution < 1.29 is 26.6 Å². The number of hydrogen-bond acceptors (Lipinski definition) is 6. The van der Waals surface area contributed by atoms with Gasteiger partial charge in [-0.3, -0.25) is 0 Å². The summed E-state index contributed by atoms with van der Waals surface area (Å²) in [6.07, 6.45) is 0. The molecule has 0 aliphatic carbocycles. The lowest BCUT2D eigenvalue weighted by Crippen LogP contribution is -2.41. The Bertz CT molecular complexity index is 181. The molecule has 0 aromatic rings. The lowest BCUT2D eigenvalue weighted by Gasteiger charge is -2.22. The fraction of sp³-hybridized carbons (Fsp3) is 0.800. The van der Waals surface area contributed by atoms with E-state index in [0.717, 1.165) is 6.04 Å². The van der Waals surface area contributed by atoms with Gasteiger partial charge in [0.1, 0.15) is 0 Å². The lowest BCUT2D eigenvalue weighted by molar-refractivity contribution is 0.125. The Labute approximate surface area is 113 Å². The molecule has 8 heteroatoms. The molecule has 0 saturated carbocycles. The molecule has 0 heterocycles. The van der Waals surface area contributed by atoms with Crippen LogP contribution in [-0.4, -0.2) is 60.3 Å². The second-order valence-electron chi connectivity index (χ2n) is 3.07. The zero-order valence-electron chi connectivity index (χ0n) is 12.4. The zero-order chi connectivity index (χ0) is 14.7. The molecule has 0 aromatic heterocycles. The molecule has 0 bridgehead atoms. The summed E-state index contributed by atoms with van der Waals surface area (Å²) in [6.45, 7) is 5.52. The van der Waals surface area contributed by atoms with Crippen molar-refractivity contribution in [1.29, 1.82) is 0 Å². The Morgan fingerprint density at radius 2 is 1.11 bits per heavy atom. The van der Waals surface area contributed by atoms with Crippen LogP contribution < -0.4 is 0 Å². The van der Waals surface area contributed by atoms with Crippen LogP contribution in [-0.2, 0) is 26.6 Å². The van der Waals surface area contributed by atoms with E-state index in [2.05, 4.69) is 6.58 Å². The van der Waals surface area contributed by atoms with Crippen molar-refractivity contribution in [3.05, 3.63) is 12.3 Å². The molecule has 0 spiro atoms. The van der Waals surface area contributed by atoms with E-state index in [0.29, 0.717) is 0 Å². The Morgan fingerprint density at radius 1 is 0.778 bits per heavy atom. The number of rotatable bonds is 8. The highest BCUT2D eigenvalue weighted by Crippen LogP contribution is 2.10. The van der Waals surface area contributed by atoms with Gasteiger partial charge in [0.15, 0.2) is 0 Å². The summed E-state index contributed by atoms with van der Waals surface area (Å²) in [6, 6.07) is 0.816. The summed E-state index contributed by atoms with van der Waals surface area (Å²) in [7, 11) is 4.85. The highest BCUT2D eigenvalue weighted by molar-refractivity contribution is 6.66. The quantitative estimate of drug-likeness (QED) is 0.633. The van der Waals surface area contributed by atoms with Crippen LogP contribution in [0.1, 0.15) is 6.92 Å². The zero-order valence-corrected chi connectivity index (χ0v) is 14.4. The summed E-state index contributed by atoms with van der Waals surface area (Å²) >= 11 is 0. The summed E-state index contributed by atoms with van der Waals surface area (Å²) < 4.78 is 30.1. The van der Waals surface area contributed by atoms with Crippen molar-refractivity contribution in [2.75, 3.05) is 42.7 Å². The molecule has 0 rings (SSSR count). The van der Waals surface area contributed by atoms with E-state index in [9.17, 15) is 0 Å². The normalized spacial score (nSPS) is 11.7. The standard InChI is InChI=1S/C5H14O3Si.C5H12O3Si/c2*1-5-9(6-2,7-3)8-4/h5H2,1-4H3;5H,1H2,2-4H3. The highest BCUT2D eigenvalue weighted by Gasteiger charge is 2.34. The van der Waals surface area contributed by atoms with E-state index in [1.54, 1.807) is 48.4 Å². The molecule has 110 valence electrons. The molecule has 0 aliphatic rings. The van der Waals surface area contributed by atoms with Crippen LogP contribution in [0, 0.1) is 0 Å². The van der Waals surface area contributed by atoms with Gasteiger partial charge < -0.3 is 26.6 Å². The predicted molar refractivity (Wildman–Crippen MR) is 74.2 cm³/mol. The Kier molecular flexibility index (Phi) is 12.2. The molecule has 0 unspecified atom stereocenters. The molecule has 0 aliphatic heterocycles. The minimum absolute atomic E-state index is 0.816. The molecule has 0 fully saturated rings. The van der Waals surface area contributed by atoms with Gasteiger partial charge >= 0.3 is 17.6 Å². The maximum absolute atomic E-state index is 5.08. The third-order valence-corrected chi connectivity index (χ3v) is 7.41.